The van der Waals surface area contributed by atoms with Crippen molar-refractivity contribution < 1.29 is 0 Å². The first-order valence-corrected chi connectivity index (χ1v) is 6.18. The molecule has 3 aromatic rings. The Kier molecular flexibility index (Phi) is 2.90. The summed E-state index contributed by atoms with van der Waals surface area (Å²) in [4.78, 5) is 8.39. The first kappa shape index (κ1) is 11.5. The molecule has 0 spiro atoms. The smallest absolute Gasteiger partial charge is 0.163 e. The van der Waals surface area contributed by atoms with Gasteiger partial charge in [-0.15, -0.1) is 0 Å². The van der Waals surface area contributed by atoms with Crippen molar-refractivity contribution in [3.8, 4) is 11.1 Å². The summed E-state index contributed by atoms with van der Waals surface area (Å²) in [5.74, 6) is 0. The molecule has 3 rings (SSSR count). The SMILES string of the molecule is Clc1ccc2c(-c3ccccc3)cc(Cl)nc2n1. The highest BCUT2D eigenvalue weighted by Crippen LogP contribution is 2.29. The van der Waals surface area contributed by atoms with Crippen LogP contribution in [0.4, 0.5) is 0 Å². The van der Waals surface area contributed by atoms with Gasteiger partial charge >= 0.3 is 0 Å². The van der Waals surface area contributed by atoms with E-state index in [1.54, 1.807) is 6.07 Å². The quantitative estimate of drug-likeness (QED) is 0.606. The number of nitrogens with zero attached hydrogens (tertiary/aromatic N) is 2. The average molecular weight is 275 g/mol. The van der Waals surface area contributed by atoms with E-state index in [4.69, 9.17) is 23.2 Å². The maximum absolute atomic E-state index is 6.03. The Morgan fingerprint density at radius 2 is 1.50 bits per heavy atom. The molecule has 2 nitrogen and oxygen atoms in total. The molecule has 0 saturated carbocycles. The lowest BCUT2D eigenvalue weighted by atomic mass is 10.0. The first-order valence-electron chi connectivity index (χ1n) is 5.42. The molecule has 0 aliphatic rings. The Labute approximate surface area is 114 Å². The van der Waals surface area contributed by atoms with Crippen LogP contribution in [0.1, 0.15) is 0 Å². The molecular weight excluding hydrogens is 267 g/mol. The van der Waals surface area contributed by atoms with Crippen LogP contribution in [-0.2, 0) is 0 Å². The second-order valence-electron chi connectivity index (χ2n) is 3.86. The molecule has 0 bridgehead atoms. The van der Waals surface area contributed by atoms with Crippen molar-refractivity contribution in [2.24, 2.45) is 0 Å². The topological polar surface area (TPSA) is 25.8 Å². The summed E-state index contributed by atoms with van der Waals surface area (Å²) >= 11 is 11.9. The van der Waals surface area contributed by atoms with E-state index < -0.39 is 0 Å². The molecule has 0 fully saturated rings. The number of pyridine rings is 2. The van der Waals surface area contributed by atoms with Gasteiger partial charge in [-0.2, -0.15) is 0 Å². The highest BCUT2D eigenvalue weighted by molar-refractivity contribution is 6.31. The van der Waals surface area contributed by atoms with Gasteiger partial charge in [-0.1, -0.05) is 53.5 Å². The number of rotatable bonds is 1. The predicted molar refractivity (Wildman–Crippen MR) is 75.0 cm³/mol. The van der Waals surface area contributed by atoms with Crippen molar-refractivity contribution in [2.75, 3.05) is 0 Å². The maximum atomic E-state index is 6.03. The van der Waals surface area contributed by atoms with Gasteiger partial charge in [0.05, 0.1) is 0 Å². The molecule has 18 heavy (non-hydrogen) atoms. The van der Waals surface area contributed by atoms with E-state index in [-0.39, 0.29) is 0 Å². The van der Waals surface area contributed by atoms with Crippen molar-refractivity contribution in [3.05, 3.63) is 58.8 Å². The number of aromatic nitrogens is 2. The van der Waals surface area contributed by atoms with Gasteiger partial charge in [-0.25, -0.2) is 9.97 Å². The molecule has 2 aromatic heterocycles. The standard InChI is InChI=1S/C14H8Cl2N2/c15-12-7-6-10-11(9-4-2-1-3-5-9)8-13(16)18-14(10)17-12/h1-8H. The zero-order valence-corrected chi connectivity index (χ0v) is 10.8. The molecular formula is C14H8Cl2N2. The third kappa shape index (κ3) is 2.05. The normalized spacial score (nSPS) is 10.8. The molecule has 0 saturated heterocycles. The largest absolute Gasteiger partial charge is 0.216 e. The Bertz CT molecular complexity index is 706. The zero-order valence-electron chi connectivity index (χ0n) is 9.27. The van der Waals surface area contributed by atoms with Gasteiger partial charge in [0.25, 0.3) is 0 Å². The van der Waals surface area contributed by atoms with Crippen LogP contribution in [0.25, 0.3) is 22.2 Å². The van der Waals surface area contributed by atoms with E-state index in [2.05, 4.69) is 9.97 Å². The van der Waals surface area contributed by atoms with E-state index in [9.17, 15) is 0 Å². The van der Waals surface area contributed by atoms with Gasteiger partial charge in [-0.3, -0.25) is 0 Å². The molecule has 2 heterocycles. The second kappa shape index (κ2) is 4.56. The monoisotopic (exact) mass is 274 g/mol. The van der Waals surface area contributed by atoms with Crippen molar-refractivity contribution >= 4 is 34.2 Å². The maximum Gasteiger partial charge on any atom is 0.163 e. The number of hydrogen-bond acceptors (Lipinski definition) is 2. The van der Waals surface area contributed by atoms with Crippen molar-refractivity contribution in [2.45, 2.75) is 0 Å². The van der Waals surface area contributed by atoms with Crippen LogP contribution in [-0.4, -0.2) is 9.97 Å². The van der Waals surface area contributed by atoms with Gasteiger partial charge in [0.1, 0.15) is 10.3 Å². The summed E-state index contributed by atoms with van der Waals surface area (Å²) in [5.41, 5.74) is 2.65. The highest BCUT2D eigenvalue weighted by Gasteiger charge is 2.08. The zero-order chi connectivity index (χ0) is 12.5. The van der Waals surface area contributed by atoms with Crippen LogP contribution in [0.15, 0.2) is 48.5 Å². The fraction of sp³-hybridized carbons (Fsp3) is 0. The molecule has 1 aromatic carbocycles. The third-order valence-electron chi connectivity index (χ3n) is 2.69. The fourth-order valence-corrected chi connectivity index (χ4v) is 2.24. The lowest BCUT2D eigenvalue weighted by Crippen LogP contribution is -1.89. The summed E-state index contributed by atoms with van der Waals surface area (Å²) in [5, 5.41) is 1.77. The van der Waals surface area contributed by atoms with E-state index in [0.29, 0.717) is 16.0 Å². The molecule has 0 aliphatic heterocycles. The lowest BCUT2D eigenvalue weighted by molar-refractivity contribution is 1.29. The third-order valence-corrected chi connectivity index (χ3v) is 3.10. The van der Waals surface area contributed by atoms with Crippen LogP contribution in [0.3, 0.4) is 0 Å². The van der Waals surface area contributed by atoms with E-state index in [1.807, 2.05) is 42.5 Å². The molecule has 0 atom stereocenters. The minimum Gasteiger partial charge on any atom is -0.216 e. The van der Waals surface area contributed by atoms with Crippen LogP contribution in [0.5, 0.6) is 0 Å². The minimum absolute atomic E-state index is 0.413. The van der Waals surface area contributed by atoms with E-state index in [1.165, 1.54) is 0 Å². The van der Waals surface area contributed by atoms with Crippen LogP contribution in [0, 0.1) is 0 Å². The fourth-order valence-electron chi connectivity index (χ4n) is 1.91. The van der Waals surface area contributed by atoms with Gasteiger partial charge in [-0.05, 0) is 29.3 Å². The van der Waals surface area contributed by atoms with Gasteiger partial charge in [0.2, 0.25) is 0 Å². The second-order valence-corrected chi connectivity index (χ2v) is 4.64. The number of fused-ring (bicyclic) bond motifs is 1. The van der Waals surface area contributed by atoms with E-state index >= 15 is 0 Å². The van der Waals surface area contributed by atoms with Gasteiger partial charge in [0.15, 0.2) is 5.65 Å². The summed E-state index contributed by atoms with van der Waals surface area (Å²) < 4.78 is 0. The van der Waals surface area contributed by atoms with Crippen LogP contribution >= 0.6 is 23.2 Å². The molecule has 4 heteroatoms. The van der Waals surface area contributed by atoms with Crippen molar-refractivity contribution in [1.29, 1.82) is 0 Å². The van der Waals surface area contributed by atoms with Crippen molar-refractivity contribution in [3.63, 3.8) is 0 Å². The summed E-state index contributed by atoms with van der Waals surface area (Å²) in [6, 6.07) is 15.5. The number of halogens is 2. The van der Waals surface area contributed by atoms with Gasteiger partial charge < -0.3 is 0 Å². The van der Waals surface area contributed by atoms with Crippen LogP contribution < -0.4 is 0 Å². The predicted octanol–water partition coefficient (Wildman–Crippen LogP) is 4.60. The molecule has 0 N–H and O–H groups in total. The Hall–Kier alpha value is -1.64. The summed E-state index contributed by atoms with van der Waals surface area (Å²) in [7, 11) is 0. The number of hydrogen-bond donors (Lipinski definition) is 0. The summed E-state index contributed by atoms with van der Waals surface area (Å²) in [6.45, 7) is 0. The molecule has 0 aliphatic carbocycles. The Balaban J connectivity index is 2.35. The Morgan fingerprint density at radius 3 is 2.28 bits per heavy atom. The molecule has 88 valence electrons. The Morgan fingerprint density at radius 1 is 0.778 bits per heavy atom. The highest BCUT2D eigenvalue weighted by atomic mass is 35.5. The average Bonchev–Trinajstić information content (AvgIpc) is 2.38. The molecule has 0 unspecified atom stereocenters. The van der Waals surface area contributed by atoms with E-state index in [0.717, 1.165) is 16.5 Å². The first-order chi connectivity index (χ1) is 8.74. The molecule has 0 radical (unpaired) electrons. The van der Waals surface area contributed by atoms with Crippen molar-refractivity contribution in [1.82, 2.24) is 9.97 Å². The minimum atomic E-state index is 0.413. The lowest BCUT2D eigenvalue weighted by Gasteiger charge is -2.06. The molecule has 0 amide bonds. The van der Waals surface area contributed by atoms with Crippen LogP contribution in [0.2, 0.25) is 10.3 Å². The number of benzene rings is 1. The summed E-state index contributed by atoms with van der Waals surface area (Å²) in [6.07, 6.45) is 0. The van der Waals surface area contributed by atoms with Gasteiger partial charge in [0, 0.05) is 5.39 Å².